The average molecular weight is 347 g/mol. The van der Waals surface area contributed by atoms with E-state index in [0.717, 1.165) is 15.7 Å². The Hall–Kier alpha value is -0.900. The van der Waals surface area contributed by atoms with Crippen molar-refractivity contribution >= 4 is 44.8 Å². The lowest BCUT2D eigenvalue weighted by Gasteiger charge is -2.10. The van der Waals surface area contributed by atoms with Gasteiger partial charge in [-0.05, 0) is 52.3 Å². The molecule has 2 aromatic carbocycles. The highest BCUT2D eigenvalue weighted by Crippen LogP contribution is 2.28. The van der Waals surface area contributed by atoms with Crippen molar-refractivity contribution in [3.8, 4) is 5.75 Å². The Balaban J connectivity index is 2.13. The highest BCUT2D eigenvalue weighted by molar-refractivity contribution is 9.10. The van der Waals surface area contributed by atoms with Crippen molar-refractivity contribution in [2.45, 2.75) is 6.54 Å². The first-order chi connectivity index (χ1) is 8.56. The number of hydrogen-bond acceptors (Lipinski definition) is 2. The molecular weight excluding hydrogens is 337 g/mol. The quantitative estimate of drug-likeness (QED) is 0.812. The maximum atomic E-state index is 9.69. The maximum Gasteiger partial charge on any atom is 0.120 e. The molecule has 5 heteroatoms. The van der Waals surface area contributed by atoms with Crippen molar-refractivity contribution in [2.24, 2.45) is 0 Å². The van der Waals surface area contributed by atoms with Crippen LogP contribution in [0.5, 0.6) is 5.75 Å². The molecule has 0 bridgehead atoms. The first-order valence-electron chi connectivity index (χ1n) is 5.22. The van der Waals surface area contributed by atoms with E-state index in [1.807, 2.05) is 12.1 Å². The molecule has 0 aliphatic rings. The summed E-state index contributed by atoms with van der Waals surface area (Å²) in [5, 5.41) is 14.2. The molecule has 2 rings (SSSR count). The molecule has 0 radical (unpaired) electrons. The van der Waals surface area contributed by atoms with Crippen molar-refractivity contribution in [3.05, 3.63) is 56.5 Å². The van der Waals surface area contributed by atoms with Gasteiger partial charge in [-0.1, -0.05) is 23.2 Å². The normalized spacial score (nSPS) is 10.4. The van der Waals surface area contributed by atoms with Crippen LogP contribution in [0.15, 0.2) is 40.9 Å². The van der Waals surface area contributed by atoms with Gasteiger partial charge in [0, 0.05) is 32.3 Å². The standard InChI is InChI=1S/C13H10BrCl2NO/c14-11-6-10(16)1-3-12(11)17-7-8-5-9(15)2-4-13(8)18/h1-6,17-18H,7H2. The van der Waals surface area contributed by atoms with Crippen LogP contribution in [0.1, 0.15) is 5.56 Å². The van der Waals surface area contributed by atoms with Gasteiger partial charge in [0.05, 0.1) is 0 Å². The third-order valence-electron chi connectivity index (χ3n) is 2.44. The summed E-state index contributed by atoms with van der Waals surface area (Å²) in [6.45, 7) is 0.479. The molecule has 0 aromatic heterocycles. The molecule has 0 saturated heterocycles. The second kappa shape index (κ2) is 5.83. The lowest BCUT2D eigenvalue weighted by atomic mass is 10.2. The Morgan fingerprint density at radius 3 is 2.44 bits per heavy atom. The molecule has 0 saturated carbocycles. The minimum absolute atomic E-state index is 0.219. The second-order valence-electron chi connectivity index (χ2n) is 3.75. The van der Waals surface area contributed by atoms with Crippen LogP contribution in [0.25, 0.3) is 0 Å². The van der Waals surface area contributed by atoms with E-state index in [2.05, 4.69) is 21.2 Å². The molecule has 0 aliphatic heterocycles. The monoisotopic (exact) mass is 345 g/mol. The molecule has 2 nitrogen and oxygen atoms in total. The van der Waals surface area contributed by atoms with E-state index in [-0.39, 0.29) is 5.75 Å². The molecule has 0 amide bonds. The largest absolute Gasteiger partial charge is 0.508 e. The van der Waals surface area contributed by atoms with Crippen LogP contribution in [0.2, 0.25) is 10.0 Å². The first kappa shape index (κ1) is 13.5. The number of benzene rings is 2. The van der Waals surface area contributed by atoms with Gasteiger partial charge in [0.15, 0.2) is 0 Å². The topological polar surface area (TPSA) is 32.3 Å². The van der Waals surface area contributed by atoms with Crippen molar-refractivity contribution in [1.82, 2.24) is 0 Å². The molecule has 0 aliphatic carbocycles. The average Bonchev–Trinajstić information content (AvgIpc) is 2.32. The van der Waals surface area contributed by atoms with E-state index in [1.54, 1.807) is 24.3 Å². The van der Waals surface area contributed by atoms with Gasteiger partial charge >= 0.3 is 0 Å². The maximum absolute atomic E-state index is 9.69. The summed E-state index contributed by atoms with van der Waals surface area (Å²) in [6, 6.07) is 10.4. The van der Waals surface area contributed by atoms with Crippen LogP contribution in [0, 0.1) is 0 Å². The van der Waals surface area contributed by atoms with Gasteiger partial charge in [0.2, 0.25) is 0 Å². The fraction of sp³-hybridized carbons (Fsp3) is 0.0769. The van der Waals surface area contributed by atoms with Gasteiger partial charge in [-0.25, -0.2) is 0 Å². The Morgan fingerprint density at radius 1 is 1.06 bits per heavy atom. The number of nitrogens with one attached hydrogen (secondary N) is 1. The SMILES string of the molecule is Oc1ccc(Cl)cc1CNc1ccc(Cl)cc1Br. The number of anilines is 1. The summed E-state index contributed by atoms with van der Waals surface area (Å²) in [5.41, 5.74) is 1.64. The number of hydrogen-bond donors (Lipinski definition) is 2. The summed E-state index contributed by atoms with van der Waals surface area (Å²) < 4.78 is 0.872. The van der Waals surface area contributed by atoms with E-state index in [4.69, 9.17) is 23.2 Å². The summed E-state index contributed by atoms with van der Waals surface area (Å²) in [6.07, 6.45) is 0. The minimum Gasteiger partial charge on any atom is -0.508 e. The van der Waals surface area contributed by atoms with E-state index in [0.29, 0.717) is 16.6 Å². The number of aromatic hydroxyl groups is 1. The van der Waals surface area contributed by atoms with Crippen molar-refractivity contribution < 1.29 is 5.11 Å². The van der Waals surface area contributed by atoms with Gasteiger partial charge in [-0.2, -0.15) is 0 Å². The van der Waals surface area contributed by atoms with Crippen LogP contribution in [-0.4, -0.2) is 5.11 Å². The Kier molecular flexibility index (Phi) is 4.38. The zero-order valence-corrected chi connectivity index (χ0v) is 12.4. The molecule has 2 aromatic rings. The van der Waals surface area contributed by atoms with E-state index in [1.165, 1.54) is 0 Å². The zero-order valence-electron chi connectivity index (χ0n) is 9.25. The van der Waals surface area contributed by atoms with Crippen LogP contribution in [0.3, 0.4) is 0 Å². The van der Waals surface area contributed by atoms with Crippen molar-refractivity contribution in [3.63, 3.8) is 0 Å². The number of phenols is 1. The molecule has 0 unspecified atom stereocenters. The number of halogens is 3. The molecule has 0 fully saturated rings. The molecule has 0 spiro atoms. The summed E-state index contributed by atoms with van der Waals surface area (Å²) >= 11 is 15.2. The molecule has 0 heterocycles. The highest BCUT2D eigenvalue weighted by atomic mass is 79.9. The van der Waals surface area contributed by atoms with Crippen LogP contribution in [0.4, 0.5) is 5.69 Å². The zero-order chi connectivity index (χ0) is 13.1. The Bertz CT molecular complexity index is 575. The minimum atomic E-state index is 0.219. The van der Waals surface area contributed by atoms with Crippen molar-refractivity contribution in [2.75, 3.05) is 5.32 Å². The number of rotatable bonds is 3. The first-order valence-corrected chi connectivity index (χ1v) is 6.77. The molecule has 18 heavy (non-hydrogen) atoms. The van der Waals surface area contributed by atoms with Gasteiger partial charge in [-0.15, -0.1) is 0 Å². The number of phenolic OH excluding ortho intramolecular Hbond substituents is 1. The van der Waals surface area contributed by atoms with E-state index < -0.39 is 0 Å². The lowest BCUT2D eigenvalue weighted by molar-refractivity contribution is 0.469. The molecular formula is C13H10BrCl2NO. The Labute approximate surface area is 124 Å². The summed E-state index contributed by atoms with van der Waals surface area (Å²) in [5.74, 6) is 0.219. The van der Waals surface area contributed by atoms with Gasteiger partial charge in [0.1, 0.15) is 5.75 Å². The van der Waals surface area contributed by atoms with Crippen LogP contribution >= 0.6 is 39.1 Å². The van der Waals surface area contributed by atoms with E-state index >= 15 is 0 Å². The van der Waals surface area contributed by atoms with Crippen LogP contribution < -0.4 is 5.32 Å². The smallest absolute Gasteiger partial charge is 0.120 e. The fourth-order valence-corrected chi connectivity index (χ4v) is 2.54. The third kappa shape index (κ3) is 3.31. The molecule has 2 N–H and O–H groups in total. The third-order valence-corrected chi connectivity index (χ3v) is 3.57. The predicted octanol–water partition coefficient (Wildman–Crippen LogP) is 5.07. The van der Waals surface area contributed by atoms with E-state index in [9.17, 15) is 5.11 Å². The fourth-order valence-electron chi connectivity index (χ4n) is 1.52. The highest BCUT2D eigenvalue weighted by Gasteiger charge is 2.04. The molecule has 94 valence electrons. The van der Waals surface area contributed by atoms with Gasteiger partial charge in [-0.3, -0.25) is 0 Å². The second-order valence-corrected chi connectivity index (χ2v) is 5.48. The van der Waals surface area contributed by atoms with Crippen LogP contribution in [-0.2, 0) is 6.54 Å². The Morgan fingerprint density at radius 2 is 1.72 bits per heavy atom. The predicted molar refractivity (Wildman–Crippen MR) is 79.6 cm³/mol. The summed E-state index contributed by atoms with van der Waals surface area (Å²) in [7, 11) is 0. The van der Waals surface area contributed by atoms with Gasteiger partial charge < -0.3 is 10.4 Å². The lowest BCUT2D eigenvalue weighted by Crippen LogP contribution is -2.00. The summed E-state index contributed by atoms with van der Waals surface area (Å²) in [4.78, 5) is 0. The van der Waals surface area contributed by atoms with Gasteiger partial charge in [0.25, 0.3) is 0 Å². The van der Waals surface area contributed by atoms with Crippen molar-refractivity contribution in [1.29, 1.82) is 0 Å². The molecule has 0 atom stereocenters.